The smallest absolute Gasteiger partial charge is 0.264 e. The number of imide groups is 2. The van der Waals surface area contributed by atoms with Crippen LogP contribution in [-0.2, 0) is 25.7 Å². The fourth-order valence-electron chi connectivity index (χ4n) is 6.84. The van der Waals surface area contributed by atoms with Gasteiger partial charge in [0, 0.05) is 65.3 Å². The third-order valence-corrected chi connectivity index (χ3v) is 10.4. The predicted octanol–water partition coefficient (Wildman–Crippen LogP) is 5.30. The zero-order valence-electron chi connectivity index (χ0n) is 30.0. The molecule has 2 aliphatic rings. The maximum absolute atomic E-state index is 13.2. The third kappa shape index (κ3) is 8.28. The molecule has 0 spiro atoms. The van der Waals surface area contributed by atoms with Crippen LogP contribution in [0.1, 0.15) is 71.2 Å². The first-order valence-electron chi connectivity index (χ1n) is 18.2. The molecule has 1 atom stereocenters. The van der Waals surface area contributed by atoms with Crippen molar-refractivity contribution in [1.82, 2.24) is 35.3 Å². The summed E-state index contributed by atoms with van der Waals surface area (Å²) in [6.07, 6.45) is 4.27. The minimum atomic E-state index is -1.05. The summed E-state index contributed by atoms with van der Waals surface area (Å²) >= 11 is 12.8. The largest absolute Gasteiger partial charge is 0.383 e. The number of hydrogen-bond acceptors (Lipinski definition) is 9. The summed E-state index contributed by atoms with van der Waals surface area (Å²) in [4.78, 5) is 80.7. The quantitative estimate of drug-likeness (QED) is 0.0689. The Morgan fingerprint density at radius 1 is 0.875 bits per heavy atom. The second-order valence-corrected chi connectivity index (χ2v) is 14.3. The topological polar surface area (TPSA) is 200 Å². The van der Waals surface area contributed by atoms with Gasteiger partial charge in [0.25, 0.3) is 11.8 Å². The maximum Gasteiger partial charge on any atom is 0.264 e. The number of aromatic amines is 1. The van der Waals surface area contributed by atoms with E-state index < -0.39 is 29.7 Å². The highest BCUT2D eigenvalue weighted by atomic mass is 35.5. The molecule has 0 aliphatic carbocycles. The first kappa shape index (κ1) is 38.2. The van der Waals surface area contributed by atoms with Gasteiger partial charge in [-0.2, -0.15) is 5.10 Å². The first-order valence-corrected chi connectivity index (χ1v) is 18.9. The minimum Gasteiger partial charge on any atom is -0.383 e. The molecular weight excluding hydrogens is 761 g/mol. The van der Waals surface area contributed by atoms with Crippen LogP contribution in [0.15, 0.2) is 67.0 Å². The molecule has 2 aliphatic heterocycles. The van der Waals surface area contributed by atoms with Gasteiger partial charge in [-0.1, -0.05) is 47.8 Å². The van der Waals surface area contributed by atoms with Crippen molar-refractivity contribution in [2.75, 3.05) is 23.7 Å². The number of nitrogens with zero attached hydrogens (tertiary/aromatic N) is 4. The van der Waals surface area contributed by atoms with E-state index in [1.807, 2.05) is 22.8 Å². The van der Waals surface area contributed by atoms with Crippen molar-refractivity contribution in [3.8, 4) is 11.3 Å². The first-order chi connectivity index (χ1) is 27.1. The van der Waals surface area contributed by atoms with Crippen molar-refractivity contribution in [3.05, 3.63) is 93.7 Å². The monoisotopic (exact) mass is 797 g/mol. The number of fused-ring (bicyclic) bond motifs is 2. The van der Waals surface area contributed by atoms with Crippen molar-refractivity contribution in [3.63, 3.8) is 0 Å². The Labute approximate surface area is 330 Å². The van der Waals surface area contributed by atoms with E-state index in [-0.39, 0.29) is 61.7 Å². The number of nitrogens with one attached hydrogen (secondary N) is 5. The van der Waals surface area contributed by atoms with E-state index in [2.05, 4.69) is 36.4 Å². The van der Waals surface area contributed by atoms with Gasteiger partial charge in [0.05, 0.1) is 40.7 Å². The molecule has 4 heterocycles. The van der Waals surface area contributed by atoms with Crippen LogP contribution in [0.3, 0.4) is 0 Å². The molecule has 0 bridgehead atoms. The third-order valence-electron chi connectivity index (χ3n) is 9.71. The Kier molecular flexibility index (Phi) is 11.4. The van der Waals surface area contributed by atoms with E-state index in [1.165, 1.54) is 6.07 Å². The highest BCUT2D eigenvalue weighted by molar-refractivity contribution is 6.36. The molecule has 3 aromatic carbocycles. The summed E-state index contributed by atoms with van der Waals surface area (Å²) in [6, 6.07) is 16.7. The Balaban J connectivity index is 0.812. The molecular formula is C39H37Cl2N9O6. The Bertz CT molecular complexity index is 2350. The summed E-state index contributed by atoms with van der Waals surface area (Å²) in [5, 5.41) is 19.3. The Morgan fingerprint density at radius 2 is 1.64 bits per heavy atom. The van der Waals surface area contributed by atoms with E-state index in [0.717, 1.165) is 32.8 Å². The number of carbonyl (C=O) groups excluding carboxylic acids is 6. The van der Waals surface area contributed by atoms with Gasteiger partial charge < -0.3 is 20.5 Å². The molecule has 5 aromatic rings. The summed E-state index contributed by atoms with van der Waals surface area (Å²) in [5.41, 5.74) is 4.83. The molecule has 0 radical (unpaired) electrons. The van der Waals surface area contributed by atoms with Crippen molar-refractivity contribution in [2.45, 2.75) is 57.5 Å². The number of benzene rings is 3. The zero-order chi connectivity index (χ0) is 39.3. The molecule has 1 unspecified atom stereocenters. The summed E-state index contributed by atoms with van der Waals surface area (Å²) in [6.45, 7) is 1.01. The number of piperidine rings is 1. The minimum absolute atomic E-state index is 0.0372. The number of imidazole rings is 1. The second kappa shape index (κ2) is 16.8. The number of unbranched alkanes of at least 4 members (excludes halogenated alkanes) is 2. The predicted molar refractivity (Wildman–Crippen MR) is 209 cm³/mol. The summed E-state index contributed by atoms with van der Waals surface area (Å²) in [7, 11) is 0. The second-order valence-electron chi connectivity index (χ2n) is 13.5. The molecule has 17 heteroatoms. The van der Waals surface area contributed by atoms with Crippen molar-refractivity contribution >= 4 is 81.2 Å². The number of carbonyl (C=O) groups is 6. The molecule has 56 heavy (non-hydrogen) atoms. The van der Waals surface area contributed by atoms with Gasteiger partial charge in [0.15, 0.2) is 5.82 Å². The van der Waals surface area contributed by atoms with Gasteiger partial charge >= 0.3 is 0 Å². The van der Waals surface area contributed by atoms with Gasteiger partial charge in [0.1, 0.15) is 6.04 Å². The molecule has 6 amide bonds. The maximum atomic E-state index is 13.2. The molecule has 0 saturated carbocycles. The lowest BCUT2D eigenvalue weighted by atomic mass is 10.0. The molecule has 288 valence electrons. The van der Waals surface area contributed by atoms with Crippen LogP contribution in [-0.4, -0.2) is 79.2 Å². The normalized spacial score (nSPS) is 15.2. The van der Waals surface area contributed by atoms with Crippen LogP contribution in [0.5, 0.6) is 0 Å². The number of halogens is 2. The number of hydrogen-bond donors (Lipinski definition) is 5. The fourth-order valence-corrected chi connectivity index (χ4v) is 7.36. The standard InChI is InChI=1S/C39H37Cl2N9O6/c40-25-7-5-8-26(41)24(25)20-49-21-44-27-13-12-22(18-31(27)49)29-19-32(48-47-29)45-34(52)11-3-1-2-10-33(51)43-17-16-42-28-9-4-6-23-36(28)39(56)50(38(23)55)30-14-15-35(53)46-37(30)54/h4-9,12-13,18-19,21,30,42H,1-3,10-11,14-17,20H2,(H,43,51)(H,46,53,54)(H2,45,47,48,52). The molecule has 1 fully saturated rings. The van der Waals surface area contributed by atoms with E-state index in [9.17, 15) is 28.8 Å². The van der Waals surface area contributed by atoms with Crippen LogP contribution in [0.2, 0.25) is 10.0 Å². The highest BCUT2D eigenvalue weighted by Crippen LogP contribution is 2.33. The number of amides is 6. The van der Waals surface area contributed by atoms with Gasteiger partial charge in [0.2, 0.25) is 23.6 Å². The van der Waals surface area contributed by atoms with Crippen LogP contribution < -0.4 is 21.3 Å². The molecule has 7 rings (SSSR count). The number of anilines is 2. The zero-order valence-corrected chi connectivity index (χ0v) is 31.5. The number of rotatable bonds is 15. The van der Waals surface area contributed by atoms with Crippen LogP contribution >= 0.6 is 23.2 Å². The van der Waals surface area contributed by atoms with E-state index in [0.29, 0.717) is 47.4 Å². The van der Waals surface area contributed by atoms with Gasteiger partial charge in [-0.15, -0.1) is 0 Å². The SMILES string of the molecule is O=C(CCCCCC(=O)Nc1cc(-c2ccc3ncn(Cc4c(Cl)cccc4Cl)c3c2)[nH]n1)NCCNc1cccc2c1C(=O)N(C1CCC(=O)NC1=O)C2=O. The lowest BCUT2D eigenvalue weighted by Gasteiger charge is -2.27. The summed E-state index contributed by atoms with van der Waals surface area (Å²) < 4.78 is 1.97. The van der Waals surface area contributed by atoms with Crippen LogP contribution in [0.25, 0.3) is 22.3 Å². The van der Waals surface area contributed by atoms with E-state index in [1.54, 1.807) is 42.7 Å². The molecule has 5 N–H and O–H groups in total. The van der Waals surface area contributed by atoms with Gasteiger partial charge in [-0.05, 0) is 55.7 Å². The van der Waals surface area contributed by atoms with Crippen LogP contribution in [0.4, 0.5) is 11.5 Å². The molecule has 1 saturated heterocycles. The highest BCUT2D eigenvalue weighted by Gasteiger charge is 2.45. The molecule has 2 aromatic heterocycles. The van der Waals surface area contributed by atoms with Crippen molar-refractivity contribution in [2.24, 2.45) is 0 Å². The number of aromatic nitrogens is 4. The van der Waals surface area contributed by atoms with Crippen LogP contribution in [0, 0.1) is 0 Å². The fraction of sp³-hybridized carbons (Fsp3) is 0.282. The lowest BCUT2D eigenvalue weighted by molar-refractivity contribution is -0.136. The Morgan fingerprint density at radius 3 is 2.43 bits per heavy atom. The van der Waals surface area contributed by atoms with Crippen molar-refractivity contribution in [1.29, 1.82) is 0 Å². The lowest BCUT2D eigenvalue weighted by Crippen LogP contribution is -2.54. The average molecular weight is 799 g/mol. The van der Waals surface area contributed by atoms with Gasteiger partial charge in [-0.3, -0.25) is 44.1 Å². The average Bonchev–Trinajstić information content (AvgIpc) is 3.88. The summed E-state index contributed by atoms with van der Waals surface area (Å²) in [5.74, 6) is -2.24. The number of H-pyrrole nitrogens is 1. The van der Waals surface area contributed by atoms with Crippen molar-refractivity contribution < 1.29 is 28.8 Å². The van der Waals surface area contributed by atoms with Gasteiger partial charge in [-0.25, -0.2) is 4.98 Å². The van der Waals surface area contributed by atoms with E-state index in [4.69, 9.17) is 23.2 Å². The van der Waals surface area contributed by atoms with E-state index >= 15 is 0 Å². The molecule has 15 nitrogen and oxygen atoms in total. The Hall–Kier alpha value is -6.06.